The van der Waals surface area contributed by atoms with Gasteiger partial charge >= 0.3 is 0 Å². The second-order valence-electron chi connectivity index (χ2n) is 7.11. The minimum absolute atomic E-state index is 0.00306. The van der Waals surface area contributed by atoms with Crippen molar-refractivity contribution >= 4 is 5.91 Å². The normalized spacial score (nSPS) is 21.9. The second-order valence-corrected chi connectivity index (χ2v) is 7.11. The largest absolute Gasteiger partial charge is 0.366 e. The molecule has 1 aliphatic heterocycles. The Bertz CT molecular complexity index is 481. The lowest BCUT2D eigenvalue weighted by Gasteiger charge is -2.47. The molecule has 1 saturated heterocycles. The van der Waals surface area contributed by atoms with Crippen molar-refractivity contribution in [3.8, 4) is 0 Å². The van der Waals surface area contributed by atoms with Gasteiger partial charge in [0.25, 0.3) is 0 Å². The van der Waals surface area contributed by atoms with Gasteiger partial charge in [-0.3, -0.25) is 4.79 Å². The molecule has 1 aromatic rings. The topological polar surface area (TPSA) is 55.6 Å². The molecule has 0 aromatic heterocycles. The van der Waals surface area contributed by atoms with Crippen LogP contribution in [0, 0.1) is 0 Å². The van der Waals surface area contributed by atoms with Crippen LogP contribution in [0.1, 0.15) is 33.3 Å². The number of hydrogen-bond donors (Lipinski definition) is 1. The van der Waals surface area contributed by atoms with Crippen molar-refractivity contribution in [1.82, 2.24) is 4.90 Å². The van der Waals surface area contributed by atoms with E-state index in [-0.39, 0.29) is 17.1 Å². The fourth-order valence-electron chi connectivity index (χ4n) is 3.13. The SMILES string of the molecule is CC1(C)CN(C(=O)C(N)Cc2ccccc2)CC(C)(C)O1. The van der Waals surface area contributed by atoms with Crippen LogP contribution >= 0.6 is 0 Å². The number of benzene rings is 1. The van der Waals surface area contributed by atoms with E-state index >= 15 is 0 Å². The molecule has 1 atom stereocenters. The predicted molar refractivity (Wildman–Crippen MR) is 83.9 cm³/mol. The monoisotopic (exact) mass is 290 g/mol. The van der Waals surface area contributed by atoms with Gasteiger partial charge in [0.05, 0.1) is 17.2 Å². The highest BCUT2D eigenvalue weighted by Crippen LogP contribution is 2.28. The van der Waals surface area contributed by atoms with Gasteiger partial charge in [0.15, 0.2) is 0 Å². The summed E-state index contributed by atoms with van der Waals surface area (Å²) in [4.78, 5) is 14.5. The van der Waals surface area contributed by atoms with Crippen LogP contribution in [0.5, 0.6) is 0 Å². The van der Waals surface area contributed by atoms with Gasteiger partial charge in [-0.2, -0.15) is 0 Å². The molecule has 2 rings (SSSR count). The molecular weight excluding hydrogens is 264 g/mol. The number of nitrogens with zero attached hydrogens (tertiary/aromatic N) is 1. The summed E-state index contributed by atoms with van der Waals surface area (Å²) in [5.74, 6) is 0.00306. The highest BCUT2D eigenvalue weighted by Gasteiger charge is 2.40. The number of amides is 1. The minimum atomic E-state index is -0.503. The Kier molecular flexibility index (Phi) is 4.40. The van der Waals surface area contributed by atoms with Crippen molar-refractivity contribution in [2.45, 2.75) is 51.4 Å². The summed E-state index contributed by atoms with van der Waals surface area (Å²) in [6.45, 7) is 9.21. The number of morpholine rings is 1. The molecule has 1 amide bonds. The maximum Gasteiger partial charge on any atom is 0.240 e. The van der Waals surface area contributed by atoms with Gasteiger partial charge in [0, 0.05) is 13.1 Å². The number of carbonyl (C=O) groups excluding carboxylic acids is 1. The fourth-order valence-corrected chi connectivity index (χ4v) is 3.13. The van der Waals surface area contributed by atoms with Crippen molar-refractivity contribution < 1.29 is 9.53 Å². The van der Waals surface area contributed by atoms with Gasteiger partial charge in [-0.25, -0.2) is 0 Å². The van der Waals surface area contributed by atoms with Crippen molar-refractivity contribution in [1.29, 1.82) is 0 Å². The molecule has 4 nitrogen and oxygen atoms in total. The summed E-state index contributed by atoms with van der Waals surface area (Å²) in [6.07, 6.45) is 0.567. The van der Waals surface area contributed by atoms with Gasteiger partial charge in [-0.15, -0.1) is 0 Å². The van der Waals surface area contributed by atoms with E-state index in [1.54, 1.807) is 0 Å². The number of rotatable bonds is 3. The minimum Gasteiger partial charge on any atom is -0.366 e. The molecule has 1 heterocycles. The second kappa shape index (κ2) is 5.78. The number of hydrogen-bond acceptors (Lipinski definition) is 3. The van der Waals surface area contributed by atoms with E-state index in [2.05, 4.69) is 0 Å². The lowest BCUT2D eigenvalue weighted by molar-refractivity contribution is -0.188. The van der Waals surface area contributed by atoms with E-state index in [9.17, 15) is 4.79 Å². The van der Waals surface area contributed by atoms with Crippen LogP contribution < -0.4 is 5.73 Å². The van der Waals surface area contributed by atoms with Gasteiger partial charge in [0.2, 0.25) is 5.91 Å². The summed E-state index contributed by atoms with van der Waals surface area (Å²) >= 11 is 0. The first-order chi connectivity index (χ1) is 9.69. The fraction of sp³-hybridized carbons (Fsp3) is 0.588. The Labute approximate surface area is 127 Å². The molecule has 1 aliphatic rings. The molecule has 116 valence electrons. The average Bonchev–Trinajstić information content (AvgIpc) is 2.35. The first kappa shape index (κ1) is 16.0. The molecular formula is C17H26N2O2. The highest BCUT2D eigenvalue weighted by atomic mass is 16.5. The molecule has 1 fully saturated rings. The summed E-state index contributed by atoms with van der Waals surface area (Å²) in [5.41, 5.74) is 6.53. The number of nitrogens with two attached hydrogens (primary N) is 1. The molecule has 21 heavy (non-hydrogen) atoms. The lowest BCUT2D eigenvalue weighted by Crippen LogP contribution is -2.61. The van der Waals surface area contributed by atoms with Crippen molar-refractivity contribution in [3.05, 3.63) is 35.9 Å². The van der Waals surface area contributed by atoms with E-state index in [1.165, 1.54) is 0 Å². The predicted octanol–water partition coefficient (Wildman–Crippen LogP) is 1.97. The molecule has 4 heteroatoms. The van der Waals surface area contributed by atoms with Crippen LogP contribution in [0.3, 0.4) is 0 Å². The van der Waals surface area contributed by atoms with Crippen molar-refractivity contribution in [2.24, 2.45) is 5.73 Å². The third-order valence-corrected chi connectivity index (χ3v) is 3.62. The molecule has 0 saturated carbocycles. The smallest absolute Gasteiger partial charge is 0.240 e. The zero-order chi connectivity index (χ0) is 15.7. The van der Waals surface area contributed by atoms with Gasteiger partial charge in [-0.1, -0.05) is 30.3 Å². The van der Waals surface area contributed by atoms with Crippen LogP contribution in [-0.2, 0) is 16.0 Å². The summed E-state index contributed by atoms with van der Waals surface area (Å²) in [5, 5.41) is 0. The standard InChI is InChI=1S/C17H26N2O2/c1-16(2)11-19(12-17(3,4)21-16)15(20)14(18)10-13-8-6-5-7-9-13/h5-9,14H,10-12,18H2,1-4H3. The molecule has 2 N–H and O–H groups in total. The zero-order valence-corrected chi connectivity index (χ0v) is 13.4. The Morgan fingerprint density at radius 1 is 1.19 bits per heavy atom. The zero-order valence-electron chi connectivity index (χ0n) is 13.4. The van der Waals surface area contributed by atoms with E-state index < -0.39 is 6.04 Å². The highest BCUT2D eigenvalue weighted by molar-refractivity contribution is 5.82. The lowest BCUT2D eigenvalue weighted by atomic mass is 9.97. The molecule has 0 spiro atoms. The Morgan fingerprint density at radius 2 is 1.71 bits per heavy atom. The molecule has 1 unspecified atom stereocenters. The molecule has 0 bridgehead atoms. The van der Waals surface area contributed by atoms with E-state index in [4.69, 9.17) is 10.5 Å². The van der Waals surface area contributed by atoms with Crippen LogP contribution in [0.4, 0.5) is 0 Å². The van der Waals surface area contributed by atoms with Crippen LogP contribution in [0.2, 0.25) is 0 Å². The summed E-state index contributed by atoms with van der Waals surface area (Å²) in [7, 11) is 0. The number of ether oxygens (including phenoxy) is 1. The summed E-state index contributed by atoms with van der Waals surface area (Å²) < 4.78 is 6.00. The first-order valence-corrected chi connectivity index (χ1v) is 7.47. The Hall–Kier alpha value is -1.39. The van der Waals surface area contributed by atoms with Crippen molar-refractivity contribution in [3.63, 3.8) is 0 Å². The van der Waals surface area contributed by atoms with Crippen LogP contribution in [-0.4, -0.2) is 41.1 Å². The van der Waals surface area contributed by atoms with Crippen molar-refractivity contribution in [2.75, 3.05) is 13.1 Å². The van der Waals surface area contributed by atoms with E-state index in [0.717, 1.165) is 5.56 Å². The summed E-state index contributed by atoms with van der Waals surface area (Å²) in [6, 6.07) is 9.39. The average molecular weight is 290 g/mol. The quantitative estimate of drug-likeness (QED) is 0.926. The maximum absolute atomic E-state index is 12.6. The molecule has 1 aromatic carbocycles. The Morgan fingerprint density at radius 3 is 2.24 bits per heavy atom. The van der Waals surface area contributed by atoms with Gasteiger partial charge in [-0.05, 0) is 39.7 Å². The van der Waals surface area contributed by atoms with Gasteiger partial charge in [0.1, 0.15) is 0 Å². The first-order valence-electron chi connectivity index (χ1n) is 7.47. The third kappa shape index (κ3) is 4.29. The third-order valence-electron chi connectivity index (χ3n) is 3.62. The van der Waals surface area contributed by atoms with E-state index in [0.29, 0.717) is 19.5 Å². The maximum atomic E-state index is 12.6. The van der Waals surface area contributed by atoms with E-state index in [1.807, 2.05) is 62.9 Å². The molecule has 0 aliphatic carbocycles. The molecule has 0 radical (unpaired) electrons. The van der Waals surface area contributed by atoms with Gasteiger partial charge < -0.3 is 15.4 Å². The number of carbonyl (C=O) groups is 1. The van der Waals surface area contributed by atoms with Crippen LogP contribution in [0.15, 0.2) is 30.3 Å². The van der Waals surface area contributed by atoms with Crippen LogP contribution in [0.25, 0.3) is 0 Å². The Balaban J connectivity index is 2.05.